The lowest BCUT2D eigenvalue weighted by molar-refractivity contribution is 0.00867. The topological polar surface area (TPSA) is 52.1 Å². The first-order chi connectivity index (χ1) is 12.6. The highest BCUT2D eigenvalue weighted by Gasteiger charge is 2.24. The second-order valence-electron chi connectivity index (χ2n) is 8.02. The van der Waals surface area contributed by atoms with Gasteiger partial charge in [-0.3, -0.25) is 9.89 Å². The van der Waals surface area contributed by atoms with E-state index in [1.54, 1.807) is 0 Å². The number of hydrogen-bond acceptors (Lipinski definition) is 4. The SMILES string of the molecule is CCCN1CCC(CNC(=NCC(C(C)C)N2CCOCC2)NCC)C1.I. The molecule has 2 fully saturated rings. The lowest BCUT2D eigenvalue weighted by atomic mass is 10.0. The zero-order valence-corrected chi connectivity index (χ0v) is 20.2. The van der Waals surface area contributed by atoms with E-state index in [0.29, 0.717) is 12.0 Å². The van der Waals surface area contributed by atoms with E-state index in [9.17, 15) is 0 Å². The van der Waals surface area contributed by atoms with Crippen molar-refractivity contribution in [2.24, 2.45) is 16.8 Å². The van der Waals surface area contributed by atoms with Crippen LogP contribution in [0.1, 0.15) is 40.5 Å². The van der Waals surface area contributed by atoms with Crippen LogP contribution in [0, 0.1) is 11.8 Å². The molecule has 2 aliphatic heterocycles. The minimum Gasteiger partial charge on any atom is -0.379 e. The predicted molar refractivity (Wildman–Crippen MR) is 125 cm³/mol. The largest absolute Gasteiger partial charge is 0.379 e. The summed E-state index contributed by atoms with van der Waals surface area (Å²) >= 11 is 0. The summed E-state index contributed by atoms with van der Waals surface area (Å²) in [5.74, 6) is 2.31. The molecule has 2 atom stereocenters. The number of rotatable bonds is 9. The third-order valence-electron chi connectivity index (χ3n) is 5.53. The Balaban J connectivity index is 0.00000364. The Morgan fingerprint density at radius 2 is 1.89 bits per heavy atom. The number of nitrogens with one attached hydrogen (secondary N) is 2. The molecule has 7 heteroatoms. The minimum absolute atomic E-state index is 0. The van der Waals surface area contributed by atoms with Crippen LogP contribution < -0.4 is 10.6 Å². The molecular weight excluding hydrogens is 453 g/mol. The highest BCUT2D eigenvalue weighted by atomic mass is 127. The summed E-state index contributed by atoms with van der Waals surface area (Å²) in [6, 6.07) is 0.487. The predicted octanol–water partition coefficient (Wildman–Crippen LogP) is 2.25. The fourth-order valence-electron chi connectivity index (χ4n) is 4.02. The average Bonchev–Trinajstić information content (AvgIpc) is 3.08. The molecular formula is C20H42IN5O. The third-order valence-corrected chi connectivity index (χ3v) is 5.53. The average molecular weight is 495 g/mol. The Kier molecular flexibility index (Phi) is 12.9. The molecule has 2 N–H and O–H groups in total. The van der Waals surface area contributed by atoms with E-state index >= 15 is 0 Å². The van der Waals surface area contributed by atoms with E-state index in [2.05, 4.69) is 48.1 Å². The monoisotopic (exact) mass is 495 g/mol. The normalized spacial score (nSPS) is 23.3. The molecule has 27 heavy (non-hydrogen) atoms. The first-order valence-corrected chi connectivity index (χ1v) is 10.7. The zero-order valence-electron chi connectivity index (χ0n) is 17.9. The van der Waals surface area contributed by atoms with Crippen LogP contribution in [0.4, 0.5) is 0 Å². The van der Waals surface area contributed by atoms with E-state index in [4.69, 9.17) is 9.73 Å². The van der Waals surface area contributed by atoms with Gasteiger partial charge in [0.15, 0.2) is 5.96 Å². The Hall–Kier alpha value is -0.120. The highest BCUT2D eigenvalue weighted by molar-refractivity contribution is 14.0. The maximum absolute atomic E-state index is 5.51. The van der Waals surface area contributed by atoms with Crippen LogP contribution >= 0.6 is 24.0 Å². The molecule has 0 aliphatic carbocycles. The van der Waals surface area contributed by atoms with Crippen LogP contribution in [0.15, 0.2) is 4.99 Å². The van der Waals surface area contributed by atoms with E-state index in [-0.39, 0.29) is 24.0 Å². The van der Waals surface area contributed by atoms with Gasteiger partial charge in [-0.25, -0.2) is 0 Å². The summed E-state index contributed by atoms with van der Waals surface area (Å²) in [4.78, 5) is 10.1. The van der Waals surface area contributed by atoms with Gasteiger partial charge in [-0.1, -0.05) is 20.8 Å². The molecule has 2 heterocycles. The van der Waals surface area contributed by atoms with Crippen molar-refractivity contribution in [1.82, 2.24) is 20.4 Å². The van der Waals surface area contributed by atoms with Crippen molar-refractivity contribution >= 4 is 29.9 Å². The molecule has 2 rings (SSSR count). The van der Waals surface area contributed by atoms with Crippen molar-refractivity contribution in [2.45, 2.75) is 46.6 Å². The van der Waals surface area contributed by atoms with Gasteiger partial charge < -0.3 is 20.3 Å². The fourth-order valence-corrected chi connectivity index (χ4v) is 4.02. The molecule has 0 aromatic heterocycles. The van der Waals surface area contributed by atoms with Gasteiger partial charge in [0.2, 0.25) is 0 Å². The Bertz CT molecular complexity index is 415. The van der Waals surface area contributed by atoms with E-state index in [1.807, 2.05) is 0 Å². The molecule has 0 spiro atoms. The highest BCUT2D eigenvalue weighted by Crippen LogP contribution is 2.16. The van der Waals surface area contributed by atoms with Crippen molar-refractivity contribution in [3.63, 3.8) is 0 Å². The standard InChI is InChI=1S/C20H41N5O.HI/c1-5-8-24-9-7-18(16-24)14-22-20(21-6-2)23-15-19(17(3)4)25-10-12-26-13-11-25;/h17-19H,5-16H2,1-4H3,(H2,21,22,23);1H. The lowest BCUT2D eigenvalue weighted by Gasteiger charge is -2.36. The van der Waals surface area contributed by atoms with Gasteiger partial charge in [0, 0.05) is 38.8 Å². The van der Waals surface area contributed by atoms with E-state index in [1.165, 1.54) is 32.5 Å². The molecule has 2 aliphatic rings. The Labute approximate surface area is 183 Å². The number of likely N-dealkylation sites (tertiary alicyclic amines) is 1. The van der Waals surface area contributed by atoms with Crippen LogP contribution in [0.3, 0.4) is 0 Å². The molecule has 0 aromatic rings. The van der Waals surface area contributed by atoms with Crippen molar-refractivity contribution in [2.75, 3.05) is 65.6 Å². The number of morpholine rings is 1. The molecule has 0 aromatic carbocycles. The summed E-state index contributed by atoms with van der Waals surface area (Å²) in [5, 5.41) is 7.01. The van der Waals surface area contributed by atoms with Crippen LogP contribution in [0.5, 0.6) is 0 Å². The van der Waals surface area contributed by atoms with Gasteiger partial charge in [0.25, 0.3) is 0 Å². The number of ether oxygens (including phenoxy) is 1. The minimum atomic E-state index is 0. The van der Waals surface area contributed by atoms with Gasteiger partial charge in [-0.05, 0) is 44.7 Å². The quantitative estimate of drug-likeness (QED) is 0.292. The summed E-state index contributed by atoms with van der Waals surface area (Å²) in [5.41, 5.74) is 0. The molecule has 0 saturated carbocycles. The lowest BCUT2D eigenvalue weighted by Crippen LogP contribution is -2.48. The molecule has 0 amide bonds. The van der Waals surface area contributed by atoms with Crippen molar-refractivity contribution in [3.05, 3.63) is 0 Å². The Morgan fingerprint density at radius 1 is 1.15 bits per heavy atom. The van der Waals surface area contributed by atoms with Gasteiger partial charge in [0.05, 0.1) is 19.8 Å². The van der Waals surface area contributed by atoms with Crippen LogP contribution in [-0.2, 0) is 4.74 Å². The summed E-state index contributed by atoms with van der Waals surface area (Å²) < 4.78 is 5.51. The van der Waals surface area contributed by atoms with Crippen molar-refractivity contribution < 1.29 is 4.74 Å². The van der Waals surface area contributed by atoms with Crippen molar-refractivity contribution in [3.8, 4) is 0 Å². The maximum atomic E-state index is 5.51. The molecule has 2 saturated heterocycles. The Morgan fingerprint density at radius 3 is 2.52 bits per heavy atom. The molecule has 160 valence electrons. The number of nitrogens with zero attached hydrogens (tertiary/aromatic N) is 3. The number of hydrogen-bond donors (Lipinski definition) is 2. The molecule has 0 bridgehead atoms. The van der Waals surface area contributed by atoms with Crippen LogP contribution in [0.25, 0.3) is 0 Å². The van der Waals surface area contributed by atoms with Gasteiger partial charge >= 0.3 is 0 Å². The molecule has 6 nitrogen and oxygen atoms in total. The van der Waals surface area contributed by atoms with Gasteiger partial charge in [-0.15, -0.1) is 24.0 Å². The number of guanidine groups is 1. The van der Waals surface area contributed by atoms with Gasteiger partial charge in [0.1, 0.15) is 0 Å². The van der Waals surface area contributed by atoms with E-state index in [0.717, 1.165) is 57.8 Å². The number of aliphatic imine (C=N–C) groups is 1. The second-order valence-corrected chi connectivity index (χ2v) is 8.02. The van der Waals surface area contributed by atoms with Crippen LogP contribution in [0.2, 0.25) is 0 Å². The second kappa shape index (κ2) is 14.0. The summed E-state index contributed by atoms with van der Waals surface area (Å²) in [6.07, 6.45) is 2.55. The first kappa shape index (κ1) is 24.9. The maximum Gasteiger partial charge on any atom is 0.191 e. The summed E-state index contributed by atoms with van der Waals surface area (Å²) in [7, 11) is 0. The smallest absolute Gasteiger partial charge is 0.191 e. The molecule has 0 radical (unpaired) electrons. The van der Waals surface area contributed by atoms with Crippen molar-refractivity contribution in [1.29, 1.82) is 0 Å². The van der Waals surface area contributed by atoms with Gasteiger partial charge in [-0.2, -0.15) is 0 Å². The first-order valence-electron chi connectivity index (χ1n) is 10.7. The summed E-state index contributed by atoms with van der Waals surface area (Å²) in [6.45, 7) is 19.2. The fraction of sp³-hybridized carbons (Fsp3) is 0.950. The zero-order chi connectivity index (χ0) is 18.8. The van der Waals surface area contributed by atoms with E-state index < -0.39 is 0 Å². The molecule has 2 unspecified atom stereocenters. The third kappa shape index (κ3) is 8.83. The van der Waals surface area contributed by atoms with Crippen LogP contribution in [-0.4, -0.2) is 87.4 Å². The number of halogens is 1.